The first-order chi connectivity index (χ1) is 8.22. The third-order valence-electron chi connectivity index (χ3n) is 2.07. The number of ether oxygens (including phenoxy) is 1. The SMILES string of the molecule is CCOC(=O)c1cc(-c2ncccc2F)n[nH]1. The number of aromatic nitrogens is 3. The molecule has 0 amide bonds. The van der Waals surface area contributed by atoms with E-state index in [0.29, 0.717) is 0 Å². The first-order valence-electron chi connectivity index (χ1n) is 5.05. The van der Waals surface area contributed by atoms with E-state index in [2.05, 4.69) is 15.2 Å². The van der Waals surface area contributed by atoms with Crippen molar-refractivity contribution in [2.45, 2.75) is 6.92 Å². The molecule has 5 nitrogen and oxygen atoms in total. The summed E-state index contributed by atoms with van der Waals surface area (Å²) in [4.78, 5) is 15.2. The third kappa shape index (κ3) is 2.30. The predicted molar refractivity (Wildman–Crippen MR) is 57.7 cm³/mol. The second-order valence-corrected chi connectivity index (χ2v) is 3.22. The fourth-order valence-electron chi connectivity index (χ4n) is 1.33. The van der Waals surface area contributed by atoms with Gasteiger partial charge in [-0.05, 0) is 19.1 Å². The van der Waals surface area contributed by atoms with Crippen LogP contribution in [0.5, 0.6) is 0 Å². The molecule has 0 radical (unpaired) electrons. The lowest BCUT2D eigenvalue weighted by atomic mass is 10.2. The Morgan fingerprint density at radius 1 is 1.59 bits per heavy atom. The minimum atomic E-state index is -0.525. The molecule has 6 heteroatoms. The summed E-state index contributed by atoms with van der Waals surface area (Å²) in [6.45, 7) is 1.97. The van der Waals surface area contributed by atoms with Gasteiger partial charge in [-0.3, -0.25) is 10.1 Å². The molecule has 0 saturated carbocycles. The van der Waals surface area contributed by atoms with E-state index in [4.69, 9.17) is 4.74 Å². The number of H-pyrrole nitrogens is 1. The van der Waals surface area contributed by atoms with Gasteiger partial charge in [0, 0.05) is 12.3 Å². The second-order valence-electron chi connectivity index (χ2n) is 3.22. The Bertz CT molecular complexity index is 539. The summed E-state index contributed by atoms with van der Waals surface area (Å²) >= 11 is 0. The van der Waals surface area contributed by atoms with Crippen molar-refractivity contribution in [1.82, 2.24) is 15.2 Å². The smallest absolute Gasteiger partial charge is 0.356 e. The van der Waals surface area contributed by atoms with Crippen LogP contribution in [-0.2, 0) is 4.74 Å². The number of hydrogen-bond donors (Lipinski definition) is 1. The molecule has 0 fully saturated rings. The van der Waals surface area contributed by atoms with Gasteiger partial charge in [-0.15, -0.1) is 0 Å². The first kappa shape index (κ1) is 11.3. The van der Waals surface area contributed by atoms with E-state index in [1.807, 2.05) is 0 Å². The van der Waals surface area contributed by atoms with Crippen molar-refractivity contribution >= 4 is 5.97 Å². The van der Waals surface area contributed by atoms with Crippen LogP contribution in [0.3, 0.4) is 0 Å². The van der Waals surface area contributed by atoms with Gasteiger partial charge < -0.3 is 4.74 Å². The Morgan fingerprint density at radius 3 is 3.12 bits per heavy atom. The molecule has 0 aromatic carbocycles. The molecule has 2 aromatic heterocycles. The van der Waals surface area contributed by atoms with Crippen LogP contribution in [-0.4, -0.2) is 27.8 Å². The van der Waals surface area contributed by atoms with Crippen LogP contribution in [0, 0.1) is 5.82 Å². The van der Waals surface area contributed by atoms with Gasteiger partial charge in [-0.1, -0.05) is 0 Å². The molecule has 0 atom stereocenters. The molecule has 2 rings (SSSR count). The van der Waals surface area contributed by atoms with E-state index < -0.39 is 11.8 Å². The number of nitrogens with zero attached hydrogens (tertiary/aromatic N) is 2. The quantitative estimate of drug-likeness (QED) is 0.823. The van der Waals surface area contributed by atoms with E-state index in [-0.39, 0.29) is 23.7 Å². The molecule has 0 aliphatic rings. The number of rotatable bonds is 3. The average Bonchev–Trinajstić information content (AvgIpc) is 2.79. The summed E-state index contributed by atoms with van der Waals surface area (Å²) in [6, 6.07) is 4.17. The molecule has 0 saturated heterocycles. The summed E-state index contributed by atoms with van der Waals surface area (Å²) in [5, 5.41) is 6.31. The van der Waals surface area contributed by atoms with Crippen LogP contribution in [0.25, 0.3) is 11.4 Å². The van der Waals surface area contributed by atoms with Crippen molar-refractivity contribution in [2.24, 2.45) is 0 Å². The minimum Gasteiger partial charge on any atom is -0.461 e. The standard InChI is InChI=1S/C11H10FN3O2/c1-2-17-11(16)9-6-8(14-15-9)10-7(12)4-3-5-13-10/h3-6H,2H2,1H3,(H,14,15). The molecule has 0 aliphatic heterocycles. The number of halogens is 1. The lowest BCUT2D eigenvalue weighted by molar-refractivity contribution is 0.0519. The van der Waals surface area contributed by atoms with Gasteiger partial charge in [0.15, 0.2) is 5.82 Å². The van der Waals surface area contributed by atoms with Crippen LogP contribution in [0.15, 0.2) is 24.4 Å². The number of carbonyl (C=O) groups is 1. The molecule has 2 heterocycles. The highest BCUT2D eigenvalue weighted by Crippen LogP contribution is 2.18. The number of nitrogens with one attached hydrogen (secondary N) is 1. The normalized spacial score (nSPS) is 10.2. The van der Waals surface area contributed by atoms with Crippen molar-refractivity contribution < 1.29 is 13.9 Å². The van der Waals surface area contributed by atoms with Crippen molar-refractivity contribution in [1.29, 1.82) is 0 Å². The van der Waals surface area contributed by atoms with Crippen molar-refractivity contribution in [3.63, 3.8) is 0 Å². The highest BCUT2D eigenvalue weighted by Gasteiger charge is 2.14. The van der Waals surface area contributed by atoms with Crippen molar-refractivity contribution in [3.05, 3.63) is 35.9 Å². The van der Waals surface area contributed by atoms with Gasteiger partial charge >= 0.3 is 5.97 Å². The highest BCUT2D eigenvalue weighted by molar-refractivity contribution is 5.88. The largest absolute Gasteiger partial charge is 0.461 e. The maximum absolute atomic E-state index is 13.4. The van der Waals surface area contributed by atoms with Gasteiger partial charge in [-0.25, -0.2) is 9.18 Å². The molecule has 0 spiro atoms. The van der Waals surface area contributed by atoms with Crippen LogP contribution >= 0.6 is 0 Å². The fourth-order valence-corrected chi connectivity index (χ4v) is 1.33. The van der Waals surface area contributed by atoms with E-state index in [1.165, 1.54) is 24.4 Å². The van der Waals surface area contributed by atoms with Crippen LogP contribution in [0.2, 0.25) is 0 Å². The summed E-state index contributed by atoms with van der Waals surface area (Å²) < 4.78 is 18.2. The van der Waals surface area contributed by atoms with Crippen LogP contribution in [0.4, 0.5) is 4.39 Å². The first-order valence-corrected chi connectivity index (χ1v) is 5.05. The van der Waals surface area contributed by atoms with Gasteiger partial charge in [0.2, 0.25) is 0 Å². The van der Waals surface area contributed by atoms with Crippen molar-refractivity contribution in [2.75, 3.05) is 6.61 Å². The fraction of sp³-hybridized carbons (Fsp3) is 0.182. The lowest BCUT2D eigenvalue weighted by Gasteiger charge is -1.96. The summed E-state index contributed by atoms with van der Waals surface area (Å²) in [7, 11) is 0. The van der Waals surface area contributed by atoms with Gasteiger partial charge in [0.05, 0.1) is 6.61 Å². The predicted octanol–water partition coefficient (Wildman–Crippen LogP) is 1.79. The molecule has 88 valence electrons. The van der Waals surface area contributed by atoms with E-state index in [1.54, 1.807) is 6.92 Å². The zero-order valence-corrected chi connectivity index (χ0v) is 9.11. The molecule has 17 heavy (non-hydrogen) atoms. The van der Waals surface area contributed by atoms with Crippen molar-refractivity contribution in [3.8, 4) is 11.4 Å². The zero-order valence-electron chi connectivity index (χ0n) is 9.11. The molecule has 0 aliphatic carbocycles. The highest BCUT2D eigenvalue weighted by atomic mass is 19.1. The van der Waals surface area contributed by atoms with E-state index in [0.717, 1.165) is 0 Å². The Morgan fingerprint density at radius 2 is 2.41 bits per heavy atom. The number of carbonyl (C=O) groups excluding carboxylic acids is 1. The second kappa shape index (κ2) is 4.73. The van der Waals surface area contributed by atoms with Gasteiger partial charge in [0.1, 0.15) is 17.1 Å². The summed E-state index contributed by atoms with van der Waals surface area (Å²) in [6.07, 6.45) is 1.46. The summed E-state index contributed by atoms with van der Waals surface area (Å²) in [5.41, 5.74) is 0.539. The maximum Gasteiger partial charge on any atom is 0.356 e. The van der Waals surface area contributed by atoms with E-state index >= 15 is 0 Å². The number of esters is 1. The molecular formula is C11H10FN3O2. The van der Waals surface area contributed by atoms with Crippen LogP contribution in [0.1, 0.15) is 17.4 Å². The minimum absolute atomic E-state index is 0.0966. The van der Waals surface area contributed by atoms with Gasteiger partial charge in [0.25, 0.3) is 0 Å². The zero-order chi connectivity index (χ0) is 12.3. The third-order valence-corrected chi connectivity index (χ3v) is 2.07. The lowest BCUT2D eigenvalue weighted by Crippen LogP contribution is -2.04. The Labute approximate surface area is 96.6 Å². The Hall–Kier alpha value is -2.24. The van der Waals surface area contributed by atoms with Crippen LogP contribution < -0.4 is 0 Å². The molecule has 0 unspecified atom stereocenters. The monoisotopic (exact) mass is 235 g/mol. The molecular weight excluding hydrogens is 225 g/mol. The van der Waals surface area contributed by atoms with E-state index in [9.17, 15) is 9.18 Å². The van der Waals surface area contributed by atoms with Gasteiger partial charge in [-0.2, -0.15) is 5.10 Å². The summed E-state index contributed by atoms with van der Waals surface area (Å²) in [5.74, 6) is -1.02. The Kier molecular flexibility index (Phi) is 3.13. The maximum atomic E-state index is 13.4. The Balaban J connectivity index is 2.30. The molecule has 2 aromatic rings. The number of hydrogen-bond acceptors (Lipinski definition) is 4. The molecule has 0 bridgehead atoms. The molecule has 1 N–H and O–H groups in total. The number of aromatic amines is 1. The topological polar surface area (TPSA) is 67.9 Å². The number of pyridine rings is 1. The average molecular weight is 235 g/mol.